The van der Waals surface area contributed by atoms with E-state index in [0.29, 0.717) is 10.7 Å². The Morgan fingerprint density at radius 2 is 1.47 bits per heavy atom. The summed E-state index contributed by atoms with van der Waals surface area (Å²) in [5.41, 5.74) is 1.34. The molecule has 1 aliphatic heterocycles. The predicted octanol–water partition coefficient (Wildman–Crippen LogP) is 4.54. The molecule has 3 N–H and O–H groups in total. The molecule has 4 nitrogen and oxygen atoms in total. The molecule has 0 amide bonds. The Morgan fingerprint density at radius 1 is 0.833 bits per heavy atom. The molecule has 2 aromatic carbocycles. The summed E-state index contributed by atoms with van der Waals surface area (Å²) in [6, 6.07) is 17.8. The molecule has 4 rings (SSSR count). The Bertz CT molecular complexity index is 797. The average molecular weight is 425 g/mol. The van der Waals surface area contributed by atoms with Gasteiger partial charge in [0.2, 0.25) is 0 Å². The second kappa shape index (κ2) is 10.3. The van der Waals surface area contributed by atoms with Crippen LogP contribution < -0.4 is 20.3 Å². The van der Waals surface area contributed by atoms with E-state index >= 15 is 0 Å². The molecule has 0 unspecified atom stereocenters. The molecule has 0 bridgehead atoms. The zero-order valence-electron chi connectivity index (χ0n) is 17.8. The van der Waals surface area contributed by atoms with Crippen molar-refractivity contribution in [3.63, 3.8) is 0 Å². The molecule has 30 heavy (non-hydrogen) atoms. The third-order valence-corrected chi connectivity index (χ3v) is 6.94. The van der Waals surface area contributed by atoms with Crippen molar-refractivity contribution in [2.45, 2.75) is 56.9 Å². The SMILES string of the molecule is S=C(NCC1([NH+]2CCCCC2)CCCCC1)Nc1ccc(Oc2ccccc2)cc1. The number of rotatable bonds is 6. The third-order valence-electron chi connectivity index (χ3n) is 6.70. The quantitative estimate of drug-likeness (QED) is 0.596. The van der Waals surface area contributed by atoms with Gasteiger partial charge in [-0.2, -0.15) is 0 Å². The van der Waals surface area contributed by atoms with Gasteiger partial charge in [0.05, 0.1) is 19.6 Å². The number of ether oxygens (including phenoxy) is 1. The zero-order chi connectivity index (χ0) is 20.7. The van der Waals surface area contributed by atoms with Crippen molar-refractivity contribution < 1.29 is 9.64 Å². The average Bonchev–Trinajstić information content (AvgIpc) is 2.81. The number of quaternary nitrogens is 1. The highest BCUT2D eigenvalue weighted by Gasteiger charge is 2.42. The molecular formula is C25H34N3OS+. The zero-order valence-corrected chi connectivity index (χ0v) is 18.6. The summed E-state index contributed by atoms with van der Waals surface area (Å²) in [5, 5.41) is 7.63. The minimum absolute atomic E-state index is 0.359. The Morgan fingerprint density at radius 3 is 2.17 bits per heavy atom. The van der Waals surface area contributed by atoms with Gasteiger partial charge in [0.1, 0.15) is 17.0 Å². The lowest BCUT2D eigenvalue weighted by atomic mass is 9.79. The Hall–Kier alpha value is -2.11. The van der Waals surface area contributed by atoms with Gasteiger partial charge in [0, 0.05) is 18.5 Å². The number of nitrogens with one attached hydrogen (secondary N) is 3. The lowest BCUT2D eigenvalue weighted by Gasteiger charge is -2.45. The highest BCUT2D eigenvalue weighted by Crippen LogP contribution is 2.26. The fraction of sp³-hybridized carbons (Fsp3) is 0.480. The largest absolute Gasteiger partial charge is 0.457 e. The summed E-state index contributed by atoms with van der Waals surface area (Å²) in [5.74, 6) is 1.66. The van der Waals surface area contributed by atoms with Crippen LogP contribution in [0, 0.1) is 0 Å². The maximum atomic E-state index is 5.87. The van der Waals surface area contributed by atoms with E-state index in [2.05, 4.69) is 10.6 Å². The summed E-state index contributed by atoms with van der Waals surface area (Å²) in [4.78, 5) is 1.81. The van der Waals surface area contributed by atoms with Crippen molar-refractivity contribution in [1.29, 1.82) is 0 Å². The van der Waals surface area contributed by atoms with Gasteiger partial charge in [-0.15, -0.1) is 0 Å². The van der Waals surface area contributed by atoms with E-state index in [1.165, 1.54) is 64.5 Å². The van der Waals surface area contributed by atoms with Gasteiger partial charge in [0.15, 0.2) is 5.11 Å². The standard InChI is InChI=1S/C25H33N3OS/c30-24(26-20-25(16-6-2-7-17-25)28-18-8-3-9-19-28)27-21-12-14-23(15-13-21)29-22-10-4-1-5-11-22/h1,4-5,10-15H,2-3,6-9,16-20H2,(H2,26,27,30)/p+1. The fourth-order valence-electron chi connectivity index (χ4n) is 5.05. The van der Waals surface area contributed by atoms with Gasteiger partial charge in [-0.05, 0) is 80.7 Å². The maximum absolute atomic E-state index is 5.87. The van der Waals surface area contributed by atoms with Crippen LogP contribution >= 0.6 is 12.2 Å². The van der Waals surface area contributed by atoms with Crippen LogP contribution in [0.1, 0.15) is 51.4 Å². The Kier molecular flexibility index (Phi) is 7.24. The van der Waals surface area contributed by atoms with Crippen LogP contribution in [0.2, 0.25) is 0 Å². The van der Waals surface area contributed by atoms with Gasteiger partial charge >= 0.3 is 0 Å². The van der Waals surface area contributed by atoms with Crippen LogP contribution in [0.5, 0.6) is 11.5 Å². The van der Waals surface area contributed by atoms with Crippen LogP contribution in [0.25, 0.3) is 0 Å². The van der Waals surface area contributed by atoms with Gasteiger partial charge < -0.3 is 20.3 Å². The molecule has 5 heteroatoms. The number of likely N-dealkylation sites (tertiary alicyclic amines) is 1. The molecule has 2 aromatic rings. The number of para-hydroxylation sites is 1. The van der Waals surface area contributed by atoms with E-state index in [9.17, 15) is 0 Å². The number of hydrogen-bond acceptors (Lipinski definition) is 2. The van der Waals surface area contributed by atoms with Gasteiger partial charge in [0.25, 0.3) is 0 Å². The first kappa shape index (κ1) is 21.1. The molecular weight excluding hydrogens is 390 g/mol. The van der Waals surface area contributed by atoms with Crippen molar-refractivity contribution in [3.05, 3.63) is 54.6 Å². The minimum atomic E-state index is 0.359. The van der Waals surface area contributed by atoms with Gasteiger partial charge in [-0.25, -0.2) is 0 Å². The second-order valence-electron chi connectivity index (χ2n) is 8.75. The topological polar surface area (TPSA) is 37.7 Å². The van der Waals surface area contributed by atoms with Crippen LogP contribution in [0.4, 0.5) is 5.69 Å². The van der Waals surface area contributed by atoms with Crippen molar-refractivity contribution in [2.75, 3.05) is 25.0 Å². The van der Waals surface area contributed by atoms with E-state index in [4.69, 9.17) is 17.0 Å². The summed E-state index contributed by atoms with van der Waals surface area (Å²) < 4.78 is 5.87. The molecule has 2 fully saturated rings. The Balaban J connectivity index is 1.31. The summed E-state index contributed by atoms with van der Waals surface area (Å²) in [6.07, 6.45) is 10.9. The van der Waals surface area contributed by atoms with Gasteiger partial charge in [-0.3, -0.25) is 0 Å². The molecule has 1 saturated carbocycles. The molecule has 0 spiro atoms. The first-order valence-corrected chi connectivity index (χ1v) is 11.9. The van der Waals surface area contributed by atoms with Crippen molar-refractivity contribution in [1.82, 2.24) is 5.32 Å². The van der Waals surface area contributed by atoms with Crippen LogP contribution in [0.3, 0.4) is 0 Å². The number of thiocarbonyl (C=S) groups is 1. The smallest absolute Gasteiger partial charge is 0.171 e. The van der Waals surface area contributed by atoms with E-state index < -0.39 is 0 Å². The molecule has 0 aromatic heterocycles. The molecule has 1 aliphatic carbocycles. The normalized spacial score (nSPS) is 19.1. The molecule has 1 heterocycles. The number of benzene rings is 2. The third kappa shape index (κ3) is 5.52. The van der Waals surface area contributed by atoms with Crippen molar-refractivity contribution in [2.24, 2.45) is 0 Å². The fourth-order valence-corrected chi connectivity index (χ4v) is 5.24. The lowest BCUT2D eigenvalue weighted by molar-refractivity contribution is -0.957. The van der Waals surface area contributed by atoms with E-state index in [1.807, 2.05) is 59.5 Å². The predicted molar refractivity (Wildman–Crippen MR) is 128 cm³/mol. The van der Waals surface area contributed by atoms with Crippen molar-refractivity contribution in [3.8, 4) is 11.5 Å². The molecule has 0 atom stereocenters. The summed E-state index contributed by atoms with van der Waals surface area (Å²) >= 11 is 5.63. The molecule has 2 aliphatic rings. The molecule has 0 radical (unpaired) electrons. The number of piperidine rings is 1. The summed E-state index contributed by atoms with van der Waals surface area (Å²) in [6.45, 7) is 3.62. The number of anilines is 1. The van der Waals surface area contributed by atoms with Crippen LogP contribution in [-0.2, 0) is 0 Å². The summed E-state index contributed by atoms with van der Waals surface area (Å²) in [7, 11) is 0. The highest BCUT2D eigenvalue weighted by atomic mass is 32.1. The highest BCUT2D eigenvalue weighted by molar-refractivity contribution is 7.80. The van der Waals surface area contributed by atoms with Crippen LogP contribution in [-0.4, -0.2) is 30.3 Å². The van der Waals surface area contributed by atoms with Crippen molar-refractivity contribution >= 4 is 23.0 Å². The van der Waals surface area contributed by atoms with Gasteiger partial charge in [-0.1, -0.05) is 24.6 Å². The molecule has 160 valence electrons. The lowest BCUT2D eigenvalue weighted by Crippen LogP contribution is -3.22. The first-order chi connectivity index (χ1) is 14.7. The minimum Gasteiger partial charge on any atom is -0.457 e. The Labute approximate surface area is 186 Å². The van der Waals surface area contributed by atoms with E-state index in [1.54, 1.807) is 0 Å². The maximum Gasteiger partial charge on any atom is 0.171 e. The monoisotopic (exact) mass is 424 g/mol. The first-order valence-electron chi connectivity index (χ1n) is 11.5. The second-order valence-corrected chi connectivity index (χ2v) is 9.16. The van der Waals surface area contributed by atoms with Crippen LogP contribution in [0.15, 0.2) is 54.6 Å². The molecule has 1 saturated heterocycles. The van der Waals surface area contributed by atoms with E-state index in [0.717, 1.165) is 23.7 Å². The van der Waals surface area contributed by atoms with E-state index in [-0.39, 0.29) is 0 Å². The number of hydrogen-bond donors (Lipinski definition) is 3.